The molecule has 1 aromatic rings. The fourth-order valence-corrected chi connectivity index (χ4v) is 1.77. The first-order valence-electron chi connectivity index (χ1n) is 6.46. The molecule has 1 aromatic carbocycles. The van der Waals surface area contributed by atoms with E-state index in [4.69, 9.17) is 15.2 Å². The summed E-state index contributed by atoms with van der Waals surface area (Å²) in [7, 11) is 1.73. The number of nitrogens with two attached hydrogens (primary N) is 1. The topological polar surface area (TPSA) is 44.5 Å². The van der Waals surface area contributed by atoms with Gasteiger partial charge < -0.3 is 15.2 Å². The smallest absolute Gasteiger partial charge is 0.125 e. The third-order valence-corrected chi connectivity index (χ3v) is 3.21. The molecule has 0 radical (unpaired) electrons. The van der Waals surface area contributed by atoms with Crippen LogP contribution in [0.1, 0.15) is 31.4 Å². The van der Waals surface area contributed by atoms with Gasteiger partial charge in [0.05, 0.1) is 12.2 Å². The van der Waals surface area contributed by atoms with E-state index in [9.17, 15) is 0 Å². The van der Waals surface area contributed by atoms with E-state index < -0.39 is 0 Å². The number of benzene rings is 1. The normalized spacial score (nSPS) is 11.6. The molecule has 0 saturated carbocycles. The molecule has 1 rings (SSSR count). The third-order valence-electron chi connectivity index (χ3n) is 3.21. The Hall–Kier alpha value is -1.06. The average Bonchev–Trinajstić information content (AvgIpc) is 2.33. The van der Waals surface area contributed by atoms with E-state index in [1.165, 1.54) is 5.56 Å². The number of methoxy groups -OCH3 is 1. The van der Waals surface area contributed by atoms with Gasteiger partial charge in [0, 0.05) is 13.5 Å². The Morgan fingerprint density at radius 1 is 1.28 bits per heavy atom. The molecule has 0 heterocycles. The summed E-state index contributed by atoms with van der Waals surface area (Å²) in [4.78, 5) is 0. The van der Waals surface area contributed by atoms with Crippen LogP contribution in [0.25, 0.3) is 0 Å². The van der Waals surface area contributed by atoms with E-state index in [2.05, 4.69) is 32.9 Å². The lowest BCUT2D eigenvalue weighted by molar-refractivity contribution is 0.00532. The predicted octanol–water partition coefficient (Wildman–Crippen LogP) is 2.69. The second-order valence-electron chi connectivity index (χ2n) is 5.16. The Kier molecular flexibility index (Phi) is 5.63. The summed E-state index contributed by atoms with van der Waals surface area (Å²) in [6.45, 7) is 7.49. The lowest BCUT2D eigenvalue weighted by Gasteiger charge is -2.23. The molecule has 0 bridgehead atoms. The van der Waals surface area contributed by atoms with Crippen molar-refractivity contribution >= 4 is 0 Å². The molecule has 0 aromatic heterocycles. The molecule has 2 N–H and O–H groups in total. The molecule has 18 heavy (non-hydrogen) atoms. The van der Waals surface area contributed by atoms with Gasteiger partial charge in [-0.15, -0.1) is 0 Å². The zero-order valence-corrected chi connectivity index (χ0v) is 12.0. The highest BCUT2D eigenvalue weighted by Crippen LogP contribution is 2.24. The minimum atomic E-state index is -0.142. The van der Waals surface area contributed by atoms with Gasteiger partial charge in [0.25, 0.3) is 0 Å². The van der Waals surface area contributed by atoms with Crippen LogP contribution >= 0.6 is 0 Å². The Labute approximate surface area is 110 Å². The number of rotatable bonds is 7. The first-order valence-corrected chi connectivity index (χ1v) is 6.46. The maximum Gasteiger partial charge on any atom is 0.125 e. The van der Waals surface area contributed by atoms with E-state index in [-0.39, 0.29) is 5.60 Å². The molecule has 0 fully saturated rings. The van der Waals surface area contributed by atoms with Crippen LogP contribution in [-0.4, -0.2) is 25.9 Å². The van der Waals surface area contributed by atoms with Crippen molar-refractivity contribution in [3.8, 4) is 5.75 Å². The molecule has 0 aliphatic rings. The molecular formula is C15H25NO2. The van der Waals surface area contributed by atoms with E-state index in [1.807, 2.05) is 6.07 Å². The molecular weight excluding hydrogens is 226 g/mol. The highest BCUT2D eigenvalue weighted by molar-refractivity contribution is 5.40. The maximum absolute atomic E-state index is 5.92. The van der Waals surface area contributed by atoms with Gasteiger partial charge in [-0.3, -0.25) is 0 Å². The Balaban J connectivity index is 2.66. The molecule has 0 amide bonds. The van der Waals surface area contributed by atoms with Crippen molar-refractivity contribution in [2.75, 3.05) is 20.3 Å². The third kappa shape index (κ3) is 4.31. The summed E-state index contributed by atoms with van der Waals surface area (Å²) in [6, 6.07) is 6.19. The molecule has 0 atom stereocenters. The van der Waals surface area contributed by atoms with Crippen LogP contribution in [0.4, 0.5) is 0 Å². The molecule has 0 spiro atoms. The first kappa shape index (κ1) is 15.0. The monoisotopic (exact) mass is 251 g/mol. The molecule has 0 aliphatic carbocycles. The second kappa shape index (κ2) is 6.76. The van der Waals surface area contributed by atoms with Gasteiger partial charge in [-0.2, -0.15) is 0 Å². The van der Waals surface area contributed by atoms with Crippen LogP contribution < -0.4 is 10.5 Å². The number of aryl methyl sites for hydroxylation is 1. The van der Waals surface area contributed by atoms with Crippen LogP contribution in [0, 0.1) is 6.92 Å². The van der Waals surface area contributed by atoms with Crippen molar-refractivity contribution in [3.05, 3.63) is 29.3 Å². The SMILES string of the molecule is COC(C)(C)CCOc1c(C)cccc1CCN. The van der Waals surface area contributed by atoms with E-state index in [1.54, 1.807) is 7.11 Å². The minimum Gasteiger partial charge on any atom is -0.493 e. The molecule has 3 heteroatoms. The van der Waals surface area contributed by atoms with Crippen molar-refractivity contribution in [2.45, 2.75) is 39.2 Å². The predicted molar refractivity (Wildman–Crippen MR) is 75.1 cm³/mol. The van der Waals surface area contributed by atoms with Gasteiger partial charge >= 0.3 is 0 Å². The van der Waals surface area contributed by atoms with Gasteiger partial charge in [-0.25, -0.2) is 0 Å². The van der Waals surface area contributed by atoms with Crippen LogP contribution in [0.5, 0.6) is 5.75 Å². The van der Waals surface area contributed by atoms with Gasteiger partial charge in [0.15, 0.2) is 0 Å². The van der Waals surface area contributed by atoms with E-state index in [0.29, 0.717) is 13.2 Å². The van der Waals surface area contributed by atoms with Crippen molar-refractivity contribution in [1.29, 1.82) is 0 Å². The summed E-state index contributed by atoms with van der Waals surface area (Å²) >= 11 is 0. The van der Waals surface area contributed by atoms with Crippen LogP contribution in [0.2, 0.25) is 0 Å². The summed E-state index contributed by atoms with van der Waals surface area (Å²) in [5, 5.41) is 0. The van der Waals surface area contributed by atoms with Crippen molar-refractivity contribution in [3.63, 3.8) is 0 Å². The van der Waals surface area contributed by atoms with E-state index >= 15 is 0 Å². The lowest BCUT2D eigenvalue weighted by Crippen LogP contribution is -2.25. The molecule has 0 aliphatic heterocycles. The summed E-state index contributed by atoms with van der Waals surface area (Å²) in [5.41, 5.74) is 7.83. The lowest BCUT2D eigenvalue weighted by atomic mass is 10.1. The van der Waals surface area contributed by atoms with Gasteiger partial charge in [0.2, 0.25) is 0 Å². The van der Waals surface area contributed by atoms with Crippen molar-refractivity contribution in [1.82, 2.24) is 0 Å². The fraction of sp³-hybridized carbons (Fsp3) is 0.600. The Bertz CT molecular complexity index is 375. The van der Waals surface area contributed by atoms with Crippen LogP contribution in [0.15, 0.2) is 18.2 Å². The average molecular weight is 251 g/mol. The number of ether oxygens (including phenoxy) is 2. The number of hydrogen-bond acceptors (Lipinski definition) is 3. The summed E-state index contributed by atoms with van der Waals surface area (Å²) in [6.07, 6.45) is 1.71. The standard InChI is InChI=1S/C15H25NO2/c1-12-6-5-7-13(8-10-16)14(12)18-11-9-15(2,3)17-4/h5-7H,8-11,16H2,1-4H3. The molecule has 102 valence electrons. The number of hydrogen-bond donors (Lipinski definition) is 1. The quantitative estimate of drug-likeness (QED) is 0.810. The Morgan fingerprint density at radius 2 is 2.00 bits per heavy atom. The molecule has 0 saturated heterocycles. The van der Waals surface area contributed by atoms with Crippen LogP contribution in [0.3, 0.4) is 0 Å². The van der Waals surface area contributed by atoms with Crippen molar-refractivity contribution in [2.24, 2.45) is 5.73 Å². The maximum atomic E-state index is 5.92. The highest BCUT2D eigenvalue weighted by atomic mass is 16.5. The zero-order chi connectivity index (χ0) is 13.6. The van der Waals surface area contributed by atoms with Gasteiger partial charge in [-0.1, -0.05) is 18.2 Å². The van der Waals surface area contributed by atoms with Gasteiger partial charge in [0.1, 0.15) is 5.75 Å². The van der Waals surface area contributed by atoms with Crippen molar-refractivity contribution < 1.29 is 9.47 Å². The van der Waals surface area contributed by atoms with E-state index in [0.717, 1.165) is 24.2 Å². The molecule has 3 nitrogen and oxygen atoms in total. The highest BCUT2D eigenvalue weighted by Gasteiger charge is 2.16. The minimum absolute atomic E-state index is 0.142. The molecule has 0 unspecified atom stereocenters. The Morgan fingerprint density at radius 3 is 2.61 bits per heavy atom. The largest absolute Gasteiger partial charge is 0.493 e. The number of para-hydroxylation sites is 1. The summed E-state index contributed by atoms with van der Waals surface area (Å²) in [5.74, 6) is 0.981. The van der Waals surface area contributed by atoms with Gasteiger partial charge in [-0.05, 0) is 44.9 Å². The fourth-order valence-electron chi connectivity index (χ4n) is 1.77. The van der Waals surface area contributed by atoms with Crippen LogP contribution in [-0.2, 0) is 11.2 Å². The zero-order valence-electron chi connectivity index (χ0n) is 12.0. The first-order chi connectivity index (χ1) is 8.50. The second-order valence-corrected chi connectivity index (χ2v) is 5.16. The summed E-state index contributed by atoms with van der Waals surface area (Å²) < 4.78 is 11.3.